The maximum atomic E-state index is 13.2. The van der Waals surface area contributed by atoms with Gasteiger partial charge < -0.3 is 9.47 Å². The molecule has 41 heavy (non-hydrogen) atoms. The van der Waals surface area contributed by atoms with Gasteiger partial charge in [0.2, 0.25) is 0 Å². The summed E-state index contributed by atoms with van der Waals surface area (Å²) in [6, 6.07) is 28.4. The van der Waals surface area contributed by atoms with Crippen LogP contribution in [-0.4, -0.2) is 29.2 Å². The second kappa shape index (κ2) is 13.4. The molecule has 0 saturated carbocycles. The second-order valence-electron chi connectivity index (χ2n) is 9.78. The molecular weight excluding hydrogens is 530 g/mol. The number of fused-ring (bicyclic) bond motifs is 1. The van der Waals surface area contributed by atoms with Crippen LogP contribution >= 0.6 is 11.8 Å². The van der Waals surface area contributed by atoms with Crippen molar-refractivity contribution in [3.8, 4) is 11.5 Å². The zero-order valence-electron chi connectivity index (χ0n) is 23.2. The molecule has 5 rings (SSSR count). The summed E-state index contributed by atoms with van der Waals surface area (Å²) < 4.78 is 12.4. The molecule has 0 N–H and O–H groups in total. The van der Waals surface area contributed by atoms with Crippen LogP contribution < -0.4 is 9.47 Å². The zero-order chi connectivity index (χ0) is 28.6. The molecule has 208 valence electrons. The standard InChI is InChI=1S/C35H33NO4S/c1-3-12-28-21-26(23-32-34(37)36(35(38)41-32)20-11-15-25-13-6-5-7-14-25)22-31(39-4-2)33(28)40-24-29-18-10-17-27-16-8-9-19-30(27)29/h3,5-10,13-14,16-19,21-23H,1,4,11-12,15,20,24H2,2H3/b32-23+. The number of aryl methyl sites for hydroxylation is 1. The number of imide groups is 1. The van der Waals surface area contributed by atoms with Crippen molar-refractivity contribution in [2.24, 2.45) is 0 Å². The van der Waals surface area contributed by atoms with Crippen LogP contribution in [0.5, 0.6) is 11.5 Å². The Hall–Kier alpha value is -4.29. The second-order valence-corrected chi connectivity index (χ2v) is 10.8. The summed E-state index contributed by atoms with van der Waals surface area (Å²) in [5.41, 5.74) is 3.95. The van der Waals surface area contributed by atoms with E-state index in [0.717, 1.165) is 52.1 Å². The molecule has 1 aliphatic heterocycles. The highest BCUT2D eigenvalue weighted by molar-refractivity contribution is 8.18. The number of carbonyl (C=O) groups is 2. The molecule has 0 bridgehead atoms. The van der Waals surface area contributed by atoms with Gasteiger partial charge in [-0.05, 0) is 83.6 Å². The van der Waals surface area contributed by atoms with Gasteiger partial charge in [0.15, 0.2) is 11.5 Å². The number of rotatable bonds is 12. The number of thioether (sulfide) groups is 1. The van der Waals surface area contributed by atoms with Gasteiger partial charge in [-0.25, -0.2) is 0 Å². The quantitative estimate of drug-likeness (QED) is 0.128. The van der Waals surface area contributed by atoms with Crippen LogP contribution in [0.15, 0.2) is 102 Å². The first kappa shape index (κ1) is 28.2. The highest BCUT2D eigenvalue weighted by Gasteiger charge is 2.34. The van der Waals surface area contributed by atoms with Crippen LogP contribution in [0.1, 0.15) is 35.6 Å². The van der Waals surface area contributed by atoms with Gasteiger partial charge in [0.05, 0.1) is 11.5 Å². The number of ether oxygens (including phenoxy) is 2. The molecule has 0 aliphatic carbocycles. The molecule has 6 heteroatoms. The third-order valence-electron chi connectivity index (χ3n) is 6.93. The zero-order valence-corrected chi connectivity index (χ0v) is 24.0. The number of carbonyl (C=O) groups excluding carboxylic acids is 2. The lowest BCUT2D eigenvalue weighted by molar-refractivity contribution is -0.122. The van der Waals surface area contributed by atoms with Crippen molar-refractivity contribution in [1.82, 2.24) is 4.90 Å². The predicted octanol–water partition coefficient (Wildman–Crippen LogP) is 8.22. The maximum Gasteiger partial charge on any atom is 0.293 e. The van der Waals surface area contributed by atoms with Gasteiger partial charge in [-0.3, -0.25) is 14.5 Å². The van der Waals surface area contributed by atoms with Gasteiger partial charge in [-0.15, -0.1) is 6.58 Å². The Morgan fingerprint density at radius 2 is 1.68 bits per heavy atom. The smallest absolute Gasteiger partial charge is 0.293 e. The lowest BCUT2D eigenvalue weighted by atomic mass is 10.0. The molecule has 0 radical (unpaired) electrons. The Labute approximate surface area is 245 Å². The Morgan fingerprint density at radius 1 is 0.902 bits per heavy atom. The van der Waals surface area contributed by atoms with Gasteiger partial charge in [-0.2, -0.15) is 0 Å². The third-order valence-corrected chi connectivity index (χ3v) is 7.84. The van der Waals surface area contributed by atoms with Crippen LogP contribution in [0.4, 0.5) is 4.79 Å². The van der Waals surface area contributed by atoms with Gasteiger partial charge in [-0.1, -0.05) is 78.9 Å². The minimum atomic E-state index is -0.257. The first-order chi connectivity index (χ1) is 20.1. The fourth-order valence-corrected chi connectivity index (χ4v) is 5.86. The summed E-state index contributed by atoms with van der Waals surface area (Å²) in [5.74, 6) is 0.999. The SMILES string of the molecule is C=CCc1cc(/C=C2/SC(=O)N(CCCc3ccccc3)C2=O)cc(OCC)c1OCc1cccc2ccccc12. The molecule has 1 saturated heterocycles. The van der Waals surface area contributed by atoms with E-state index in [-0.39, 0.29) is 11.1 Å². The molecule has 4 aromatic rings. The van der Waals surface area contributed by atoms with Crippen molar-refractivity contribution in [3.63, 3.8) is 0 Å². The molecule has 2 amide bonds. The summed E-state index contributed by atoms with van der Waals surface area (Å²) in [6.45, 7) is 7.08. The maximum absolute atomic E-state index is 13.2. The minimum absolute atomic E-state index is 0.235. The lowest BCUT2D eigenvalue weighted by Gasteiger charge is -2.17. The fraction of sp³-hybridized carbons (Fsp3) is 0.200. The van der Waals surface area contributed by atoms with Crippen LogP contribution in [0.25, 0.3) is 16.8 Å². The van der Waals surface area contributed by atoms with E-state index >= 15 is 0 Å². The molecular formula is C35H33NO4S. The first-order valence-electron chi connectivity index (χ1n) is 13.9. The number of amides is 2. The third kappa shape index (κ3) is 6.72. The van der Waals surface area contributed by atoms with Crippen molar-refractivity contribution in [1.29, 1.82) is 0 Å². The van der Waals surface area contributed by atoms with E-state index in [1.807, 2.05) is 61.5 Å². The van der Waals surface area contributed by atoms with Crippen LogP contribution in [0, 0.1) is 0 Å². The highest BCUT2D eigenvalue weighted by Crippen LogP contribution is 2.38. The van der Waals surface area contributed by atoms with Crippen molar-refractivity contribution in [3.05, 3.63) is 125 Å². The number of nitrogens with zero attached hydrogens (tertiary/aromatic N) is 1. The Bertz CT molecular complexity index is 1590. The number of benzene rings is 4. The van der Waals surface area contributed by atoms with E-state index in [4.69, 9.17) is 9.47 Å². The lowest BCUT2D eigenvalue weighted by Crippen LogP contribution is -2.29. The first-order valence-corrected chi connectivity index (χ1v) is 14.7. The molecule has 1 aliphatic rings. The summed E-state index contributed by atoms with van der Waals surface area (Å²) in [5, 5.41) is 2.07. The Morgan fingerprint density at radius 3 is 2.49 bits per heavy atom. The average Bonchev–Trinajstić information content (AvgIpc) is 3.25. The molecule has 0 aromatic heterocycles. The van der Waals surface area contributed by atoms with Gasteiger partial charge in [0.25, 0.3) is 11.1 Å². The number of hydrogen-bond acceptors (Lipinski definition) is 5. The molecule has 0 atom stereocenters. The molecule has 5 nitrogen and oxygen atoms in total. The molecule has 0 unspecified atom stereocenters. The minimum Gasteiger partial charge on any atom is -0.490 e. The summed E-state index contributed by atoms with van der Waals surface area (Å²) in [6.07, 6.45) is 5.68. The van der Waals surface area contributed by atoms with Gasteiger partial charge in [0, 0.05) is 12.1 Å². The Kier molecular flexibility index (Phi) is 9.22. The Balaban J connectivity index is 1.36. The van der Waals surface area contributed by atoms with E-state index in [2.05, 4.69) is 43.0 Å². The van der Waals surface area contributed by atoms with Crippen LogP contribution in [0.2, 0.25) is 0 Å². The topological polar surface area (TPSA) is 55.8 Å². The molecule has 4 aromatic carbocycles. The predicted molar refractivity (Wildman–Crippen MR) is 167 cm³/mol. The van der Waals surface area contributed by atoms with E-state index in [9.17, 15) is 9.59 Å². The highest BCUT2D eigenvalue weighted by atomic mass is 32.2. The molecule has 0 spiro atoms. The summed E-state index contributed by atoms with van der Waals surface area (Å²) in [4.78, 5) is 27.6. The van der Waals surface area contributed by atoms with Crippen LogP contribution in [0.3, 0.4) is 0 Å². The van der Waals surface area contributed by atoms with Crippen molar-refractivity contribution in [2.45, 2.75) is 32.8 Å². The largest absolute Gasteiger partial charge is 0.490 e. The van der Waals surface area contributed by atoms with E-state index in [1.54, 1.807) is 6.08 Å². The number of allylic oxidation sites excluding steroid dienone is 1. The summed E-state index contributed by atoms with van der Waals surface area (Å²) >= 11 is 0.980. The average molecular weight is 564 g/mol. The van der Waals surface area contributed by atoms with Crippen molar-refractivity contribution < 1.29 is 19.1 Å². The normalized spacial score (nSPS) is 14.2. The monoisotopic (exact) mass is 563 g/mol. The number of hydrogen-bond donors (Lipinski definition) is 0. The van der Waals surface area contributed by atoms with Gasteiger partial charge >= 0.3 is 0 Å². The van der Waals surface area contributed by atoms with Crippen molar-refractivity contribution >= 4 is 39.8 Å². The van der Waals surface area contributed by atoms with Crippen LogP contribution in [-0.2, 0) is 24.2 Å². The van der Waals surface area contributed by atoms with Gasteiger partial charge in [0.1, 0.15) is 6.61 Å². The van der Waals surface area contributed by atoms with Crippen molar-refractivity contribution in [2.75, 3.05) is 13.2 Å². The van der Waals surface area contributed by atoms with E-state index in [1.165, 1.54) is 10.5 Å². The molecule has 1 fully saturated rings. The van der Waals surface area contributed by atoms with E-state index < -0.39 is 0 Å². The summed E-state index contributed by atoms with van der Waals surface area (Å²) in [7, 11) is 0. The fourth-order valence-electron chi connectivity index (χ4n) is 5.00. The van der Waals surface area contributed by atoms with E-state index in [0.29, 0.717) is 42.6 Å². The molecule has 1 heterocycles.